The summed E-state index contributed by atoms with van der Waals surface area (Å²) in [6, 6.07) is 19.7. The highest BCUT2D eigenvalue weighted by atomic mass is 16.5. The molecule has 140 valence electrons. The lowest BCUT2D eigenvalue weighted by Gasteiger charge is -2.09. The van der Waals surface area contributed by atoms with Crippen LogP contribution in [0.25, 0.3) is 11.1 Å². The number of benzene rings is 3. The van der Waals surface area contributed by atoms with Crippen LogP contribution in [0.1, 0.15) is 21.5 Å². The zero-order valence-electron chi connectivity index (χ0n) is 15.9. The van der Waals surface area contributed by atoms with Gasteiger partial charge >= 0.3 is 0 Å². The molecule has 5 heteroatoms. The van der Waals surface area contributed by atoms with Gasteiger partial charge in [-0.25, -0.2) is 0 Å². The average molecular weight is 373 g/mol. The minimum absolute atomic E-state index is 0.132. The van der Waals surface area contributed by atoms with Gasteiger partial charge in [0.2, 0.25) is 0 Å². The van der Waals surface area contributed by atoms with Crippen molar-refractivity contribution in [1.29, 1.82) is 5.26 Å². The summed E-state index contributed by atoms with van der Waals surface area (Å²) >= 11 is 0. The molecule has 0 radical (unpaired) electrons. The molecular weight excluding hydrogens is 354 g/mol. The van der Waals surface area contributed by atoms with E-state index < -0.39 is 0 Å². The second-order valence-corrected chi connectivity index (χ2v) is 6.07. The topological polar surface area (TPSA) is 68.5 Å². The van der Waals surface area contributed by atoms with Crippen LogP contribution >= 0.6 is 0 Å². The lowest BCUT2D eigenvalue weighted by Crippen LogP contribution is -2.02. The van der Waals surface area contributed by atoms with Gasteiger partial charge in [-0.15, -0.1) is 0 Å². The van der Waals surface area contributed by atoms with Crippen molar-refractivity contribution >= 4 is 5.78 Å². The van der Waals surface area contributed by atoms with E-state index in [1.807, 2.05) is 18.2 Å². The van der Waals surface area contributed by atoms with Crippen molar-refractivity contribution in [1.82, 2.24) is 0 Å². The maximum atomic E-state index is 12.9. The van der Waals surface area contributed by atoms with Crippen LogP contribution in [0.3, 0.4) is 0 Å². The van der Waals surface area contributed by atoms with Gasteiger partial charge in [-0.05, 0) is 41.5 Å². The highest BCUT2D eigenvalue weighted by Crippen LogP contribution is 2.28. The highest BCUT2D eigenvalue weighted by Gasteiger charge is 2.13. The molecule has 5 nitrogen and oxygen atoms in total. The molecule has 3 rings (SSSR count). The van der Waals surface area contributed by atoms with Crippen molar-refractivity contribution in [3.05, 3.63) is 77.4 Å². The Morgan fingerprint density at radius 2 is 1.29 bits per heavy atom. The molecule has 3 aromatic rings. The molecule has 0 unspecified atom stereocenters. The smallest absolute Gasteiger partial charge is 0.193 e. The van der Waals surface area contributed by atoms with Gasteiger partial charge in [0.15, 0.2) is 5.78 Å². The van der Waals surface area contributed by atoms with Crippen LogP contribution in [0.5, 0.6) is 17.2 Å². The minimum atomic E-state index is -0.132. The van der Waals surface area contributed by atoms with Crippen LogP contribution in [-0.2, 0) is 0 Å². The van der Waals surface area contributed by atoms with Gasteiger partial charge in [-0.2, -0.15) is 5.26 Å². The Kier molecular flexibility index (Phi) is 5.61. The molecule has 0 aliphatic heterocycles. The predicted molar refractivity (Wildman–Crippen MR) is 106 cm³/mol. The van der Waals surface area contributed by atoms with Crippen LogP contribution in [0, 0.1) is 11.3 Å². The first kappa shape index (κ1) is 19.0. The number of carbonyl (C=O) groups is 1. The Morgan fingerprint density at radius 1 is 0.714 bits per heavy atom. The highest BCUT2D eigenvalue weighted by molar-refractivity contribution is 6.09. The molecule has 0 aliphatic carbocycles. The number of ether oxygens (including phenoxy) is 3. The van der Waals surface area contributed by atoms with Gasteiger partial charge in [-0.3, -0.25) is 4.79 Å². The van der Waals surface area contributed by atoms with E-state index in [2.05, 4.69) is 6.07 Å². The molecule has 28 heavy (non-hydrogen) atoms. The van der Waals surface area contributed by atoms with Crippen LogP contribution in [-0.4, -0.2) is 27.1 Å². The number of ketones is 1. The van der Waals surface area contributed by atoms with Gasteiger partial charge < -0.3 is 14.2 Å². The second kappa shape index (κ2) is 8.28. The largest absolute Gasteiger partial charge is 0.497 e. The van der Waals surface area contributed by atoms with Crippen molar-refractivity contribution in [2.75, 3.05) is 21.3 Å². The van der Waals surface area contributed by atoms with E-state index in [-0.39, 0.29) is 5.78 Å². The Balaban J connectivity index is 1.93. The molecule has 0 saturated heterocycles. The summed E-state index contributed by atoms with van der Waals surface area (Å²) in [7, 11) is 4.65. The van der Waals surface area contributed by atoms with Crippen molar-refractivity contribution in [2.24, 2.45) is 0 Å². The molecule has 0 aromatic heterocycles. The molecule has 0 spiro atoms. The summed E-state index contributed by atoms with van der Waals surface area (Å²) in [4.78, 5) is 12.9. The second-order valence-electron chi connectivity index (χ2n) is 6.07. The quantitative estimate of drug-likeness (QED) is 0.596. The fraction of sp³-hybridized carbons (Fsp3) is 0.130. The number of methoxy groups -OCH3 is 3. The number of carbonyl (C=O) groups excluding carboxylic acids is 1. The van der Waals surface area contributed by atoms with Gasteiger partial charge in [0.25, 0.3) is 0 Å². The van der Waals surface area contributed by atoms with E-state index in [0.717, 1.165) is 11.1 Å². The predicted octanol–water partition coefficient (Wildman–Crippen LogP) is 4.48. The molecule has 0 amide bonds. The van der Waals surface area contributed by atoms with Crippen LogP contribution in [0.2, 0.25) is 0 Å². The molecule has 0 bridgehead atoms. The van der Waals surface area contributed by atoms with Gasteiger partial charge in [0, 0.05) is 17.2 Å². The number of hydrogen-bond donors (Lipinski definition) is 0. The maximum Gasteiger partial charge on any atom is 0.193 e. The number of nitrogens with zero attached hydrogens (tertiary/aromatic N) is 1. The Labute approximate surface area is 163 Å². The van der Waals surface area contributed by atoms with Crippen LogP contribution < -0.4 is 14.2 Å². The first-order valence-corrected chi connectivity index (χ1v) is 8.55. The SMILES string of the molecule is COc1cc(OC)cc(C(=O)c2ccc(-c3cc(C#N)cc(OC)c3)cc2)c1. The molecule has 0 N–H and O–H groups in total. The monoisotopic (exact) mass is 373 g/mol. The summed E-state index contributed by atoms with van der Waals surface area (Å²) < 4.78 is 15.7. The minimum Gasteiger partial charge on any atom is -0.497 e. The van der Waals surface area contributed by atoms with Gasteiger partial charge in [0.05, 0.1) is 33.0 Å². The molecule has 0 atom stereocenters. The zero-order chi connectivity index (χ0) is 20.1. The lowest BCUT2D eigenvalue weighted by atomic mass is 9.98. The third-order valence-electron chi connectivity index (χ3n) is 4.37. The molecule has 3 aromatic carbocycles. The van der Waals surface area contributed by atoms with Crippen molar-refractivity contribution < 1.29 is 19.0 Å². The Morgan fingerprint density at radius 3 is 1.82 bits per heavy atom. The lowest BCUT2D eigenvalue weighted by molar-refractivity contribution is 0.103. The zero-order valence-corrected chi connectivity index (χ0v) is 15.9. The van der Waals surface area contributed by atoms with Crippen molar-refractivity contribution in [3.63, 3.8) is 0 Å². The van der Waals surface area contributed by atoms with E-state index in [4.69, 9.17) is 14.2 Å². The number of nitriles is 1. The Bertz CT molecular complexity index is 1030. The summed E-state index contributed by atoms with van der Waals surface area (Å²) in [6.07, 6.45) is 0. The summed E-state index contributed by atoms with van der Waals surface area (Å²) in [6.45, 7) is 0. The molecule has 0 aliphatic rings. The van der Waals surface area contributed by atoms with Crippen LogP contribution in [0.15, 0.2) is 60.7 Å². The van der Waals surface area contributed by atoms with E-state index in [1.54, 1.807) is 63.8 Å². The third-order valence-corrected chi connectivity index (χ3v) is 4.37. The summed E-state index contributed by atoms with van der Waals surface area (Å²) in [5, 5.41) is 9.19. The van der Waals surface area contributed by atoms with Gasteiger partial charge in [-0.1, -0.05) is 24.3 Å². The molecule has 0 saturated carbocycles. The maximum absolute atomic E-state index is 12.9. The summed E-state index contributed by atoms with van der Waals surface area (Å²) in [5.74, 6) is 1.59. The number of rotatable bonds is 6. The van der Waals surface area contributed by atoms with E-state index in [9.17, 15) is 10.1 Å². The van der Waals surface area contributed by atoms with Crippen molar-refractivity contribution in [3.8, 4) is 34.4 Å². The fourth-order valence-electron chi connectivity index (χ4n) is 2.87. The average Bonchev–Trinajstić information content (AvgIpc) is 2.77. The van der Waals surface area contributed by atoms with E-state index in [0.29, 0.717) is 33.9 Å². The number of hydrogen-bond acceptors (Lipinski definition) is 5. The third kappa shape index (κ3) is 3.97. The fourth-order valence-corrected chi connectivity index (χ4v) is 2.87. The summed E-state index contributed by atoms with van der Waals surface area (Å²) in [5.41, 5.74) is 3.27. The normalized spacial score (nSPS) is 10.1. The first-order chi connectivity index (χ1) is 13.6. The standard InChI is InChI=1S/C23H19NO4/c1-26-20-9-15(14-24)8-18(10-20)16-4-6-17(7-5-16)23(25)19-11-21(27-2)13-22(12-19)28-3/h4-13H,1-3H3. The molecule has 0 heterocycles. The first-order valence-electron chi connectivity index (χ1n) is 8.55. The Hall–Kier alpha value is -3.78. The molecular formula is C23H19NO4. The van der Waals surface area contributed by atoms with Crippen molar-refractivity contribution in [2.45, 2.75) is 0 Å². The van der Waals surface area contributed by atoms with E-state index >= 15 is 0 Å². The van der Waals surface area contributed by atoms with Gasteiger partial charge in [0.1, 0.15) is 17.2 Å². The van der Waals surface area contributed by atoms with E-state index in [1.165, 1.54) is 0 Å². The van der Waals surface area contributed by atoms with Crippen LogP contribution in [0.4, 0.5) is 0 Å². The molecule has 0 fully saturated rings.